The largest absolute Gasteiger partial charge is 0.396 e. The number of hydrogen-bond acceptors (Lipinski definition) is 7. The molecule has 0 aliphatic carbocycles. The minimum atomic E-state index is -4.66. The Morgan fingerprint density at radius 1 is 1.56 bits per heavy atom. The second-order valence-corrected chi connectivity index (χ2v) is 5.32. The summed E-state index contributed by atoms with van der Waals surface area (Å²) in [5, 5.41) is 20.2. The molecule has 0 aliphatic rings. The van der Waals surface area contributed by atoms with Crippen LogP contribution in [0.25, 0.3) is 0 Å². The average Bonchev–Trinajstić information content (AvgIpc) is 2.18. The number of rotatable bonds is 3. The van der Waals surface area contributed by atoms with E-state index >= 15 is 0 Å². The highest BCUT2D eigenvalue weighted by atomic mass is 32.2. The summed E-state index contributed by atoms with van der Waals surface area (Å²) in [6.07, 6.45) is -1.32. The molecule has 8 nitrogen and oxygen atoms in total. The summed E-state index contributed by atoms with van der Waals surface area (Å²) >= 11 is 3.76. The molecule has 0 bridgehead atoms. The standard InChI is InChI=1S/C8H10N2O6S2/c1-3(11)4-2-5(18(14,15)16)6(9)8(17)7(4)10(12)13/h2-3,11,17H,9H2,1H3,(H,14,15,16). The van der Waals surface area contributed by atoms with Gasteiger partial charge in [0.25, 0.3) is 15.8 Å². The zero-order chi connectivity index (χ0) is 14.2. The molecule has 10 heteroatoms. The summed E-state index contributed by atoms with van der Waals surface area (Å²) in [7, 11) is -4.66. The third-order valence-electron chi connectivity index (χ3n) is 2.22. The van der Waals surface area contributed by atoms with Crippen LogP contribution in [0.15, 0.2) is 15.9 Å². The molecule has 0 aromatic heterocycles. The van der Waals surface area contributed by atoms with E-state index in [1.54, 1.807) is 0 Å². The number of benzene rings is 1. The van der Waals surface area contributed by atoms with Gasteiger partial charge < -0.3 is 10.8 Å². The minimum Gasteiger partial charge on any atom is -0.396 e. The highest BCUT2D eigenvalue weighted by Gasteiger charge is 2.29. The molecule has 0 amide bonds. The first-order chi connectivity index (χ1) is 8.07. The van der Waals surface area contributed by atoms with Crippen molar-refractivity contribution in [2.45, 2.75) is 22.8 Å². The molecule has 0 spiro atoms. The van der Waals surface area contributed by atoms with E-state index in [0.717, 1.165) is 6.07 Å². The van der Waals surface area contributed by atoms with Crippen LogP contribution in [0.1, 0.15) is 18.6 Å². The number of thiol groups is 1. The number of aliphatic hydroxyl groups is 1. The zero-order valence-electron chi connectivity index (χ0n) is 9.06. The van der Waals surface area contributed by atoms with Crippen molar-refractivity contribution in [2.75, 3.05) is 5.73 Å². The number of anilines is 1. The lowest BCUT2D eigenvalue weighted by molar-refractivity contribution is -0.388. The maximum atomic E-state index is 11.1. The highest BCUT2D eigenvalue weighted by Crippen LogP contribution is 2.39. The van der Waals surface area contributed by atoms with Gasteiger partial charge in [-0.05, 0) is 13.0 Å². The van der Waals surface area contributed by atoms with Gasteiger partial charge in [0.05, 0.1) is 22.3 Å². The molecule has 1 unspecified atom stereocenters. The van der Waals surface area contributed by atoms with Crippen LogP contribution >= 0.6 is 12.6 Å². The van der Waals surface area contributed by atoms with Gasteiger partial charge in [-0.25, -0.2) is 0 Å². The van der Waals surface area contributed by atoms with Gasteiger partial charge in [0.15, 0.2) is 0 Å². The maximum Gasteiger partial charge on any atom is 0.296 e. The predicted molar refractivity (Wildman–Crippen MR) is 65.2 cm³/mol. The molecule has 0 aliphatic heterocycles. The zero-order valence-corrected chi connectivity index (χ0v) is 10.8. The Labute approximate surface area is 108 Å². The van der Waals surface area contributed by atoms with Crippen molar-refractivity contribution in [3.05, 3.63) is 21.7 Å². The van der Waals surface area contributed by atoms with Gasteiger partial charge in [0.1, 0.15) is 9.79 Å². The predicted octanol–water partition coefficient (Wildman–Crippen LogP) is 0.766. The van der Waals surface area contributed by atoms with Crippen LogP contribution in [0, 0.1) is 10.1 Å². The highest BCUT2D eigenvalue weighted by molar-refractivity contribution is 7.86. The van der Waals surface area contributed by atoms with Crippen molar-refractivity contribution in [1.29, 1.82) is 0 Å². The lowest BCUT2D eigenvalue weighted by atomic mass is 10.1. The SMILES string of the molecule is CC(O)c1cc(S(=O)(=O)O)c(N)c(S)c1[N+](=O)[O-]. The van der Waals surface area contributed by atoms with Gasteiger partial charge in [-0.1, -0.05) is 0 Å². The topological polar surface area (TPSA) is 144 Å². The average molecular weight is 294 g/mol. The number of nitro groups is 1. The Hall–Kier alpha value is -1.36. The molecule has 0 fully saturated rings. The summed E-state index contributed by atoms with van der Waals surface area (Å²) in [4.78, 5) is 8.85. The lowest BCUT2D eigenvalue weighted by Crippen LogP contribution is -2.09. The summed E-state index contributed by atoms with van der Waals surface area (Å²) in [5.74, 6) is 0. The Morgan fingerprint density at radius 3 is 2.39 bits per heavy atom. The molecule has 0 heterocycles. The number of nitrogens with zero attached hydrogens (tertiary/aromatic N) is 1. The fraction of sp³-hybridized carbons (Fsp3) is 0.250. The first kappa shape index (κ1) is 14.7. The minimum absolute atomic E-state index is 0.299. The first-order valence-electron chi connectivity index (χ1n) is 4.52. The molecular formula is C8H10N2O6S2. The van der Waals surface area contributed by atoms with Crippen LogP contribution in [-0.4, -0.2) is 23.0 Å². The van der Waals surface area contributed by atoms with Gasteiger partial charge in [0, 0.05) is 0 Å². The first-order valence-corrected chi connectivity index (χ1v) is 6.41. The van der Waals surface area contributed by atoms with E-state index in [2.05, 4.69) is 12.6 Å². The number of nitrogens with two attached hydrogens (primary N) is 1. The van der Waals surface area contributed by atoms with E-state index in [1.807, 2.05) is 0 Å². The van der Waals surface area contributed by atoms with E-state index < -0.39 is 42.3 Å². The van der Waals surface area contributed by atoms with Crippen molar-refractivity contribution in [2.24, 2.45) is 0 Å². The molecular weight excluding hydrogens is 284 g/mol. The third kappa shape index (κ3) is 2.56. The second kappa shape index (κ2) is 4.72. The van der Waals surface area contributed by atoms with Gasteiger partial charge in [-0.2, -0.15) is 8.42 Å². The molecule has 1 aromatic rings. The van der Waals surface area contributed by atoms with E-state index in [9.17, 15) is 23.6 Å². The lowest BCUT2D eigenvalue weighted by Gasteiger charge is -2.12. The van der Waals surface area contributed by atoms with Crippen molar-refractivity contribution in [3.63, 3.8) is 0 Å². The summed E-state index contributed by atoms with van der Waals surface area (Å²) in [6.45, 7) is 1.21. The van der Waals surface area contributed by atoms with Crippen molar-refractivity contribution < 1.29 is 23.0 Å². The summed E-state index contributed by atoms with van der Waals surface area (Å²) in [6, 6.07) is 0.757. The molecule has 100 valence electrons. The normalized spacial score (nSPS) is 13.3. The van der Waals surface area contributed by atoms with Gasteiger partial charge in [0.2, 0.25) is 0 Å². The summed E-state index contributed by atoms with van der Waals surface area (Å²) in [5.41, 5.74) is 3.93. The molecule has 0 saturated carbocycles. The molecule has 18 heavy (non-hydrogen) atoms. The number of nitro benzene ring substituents is 1. The summed E-state index contributed by atoms with van der Waals surface area (Å²) < 4.78 is 31.0. The van der Waals surface area contributed by atoms with E-state index in [0.29, 0.717) is 0 Å². The number of hydrogen-bond donors (Lipinski definition) is 4. The van der Waals surface area contributed by atoms with Crippen LogP contribution in [0.3, 0.4) is 0 Å². The van der Waals surface area contributed by atoms with Crippen molar-refractivity contribution in [1.82, 2.24) is 0 Å². The molecule has 0 saturated heterocycles. The van der Waals surface area contributed by atoms with E-state index in [4.69, 9.17) is 10.3 Å². The fourth-order valence-electron chi connectivity index (χ4n) is 1.39. The van der Waals surface area contributed by atoms with Gasteiger partial charge in [-0.15, -0.1) is 12.6 Å². The molecule has 1 aromatic carbocycles. The molecule has 1 rings (SSSR count). The van der Waals surface area contributed by atoms with E-state index in [1.165, 1.54) is 6.92 Å². The monoisotopic (exact) mass is 294 g/mol. The van der Waals surface area contributed by atoms with Gasteiger partial charge in [-0.3, -0.25) is 14.7 Å². The Balaban J connectivity index is 3.82. The quantitative estimate of drug-likeness (QED) is 0.212. The Bertz CT molecular complexity index is 611. The van der Waals surface area contributed by atoms with Crippen LogP contribution in [0.4, 0.5) is 11.4 Å². The van der Waals surface area contributed by atoms with Gasteiger partial charge >= 0.3 is 0 Å². The smallest absolute Gasteiger partial charge is 0.296 e. The van der Waals surface area contributed by atoms with Crippen molar-refractivity contribution >= 4 is 34.1 Å². The molecule has 0 radical (unpaired) electrons. The van der Waals surface area contributed by atoms with Crippen molar-refractivity contribution in [3.8, 4) is 0 Å². The Kier molecular flexibility index (Phi) is 3.86. The van der Waals surface area contributed by atoms with Crippen LogP contribution in [0.5, 0.6) is 0 Å². The van der Waals surface area contributed by atoms with Crippen LogP contribution in [0.2, 0.25) is 0 Å². The second-order valence-electron chi connectivity index (χ2n) is 3.48. The number of nitrogen functional groups attached to an aromatic ring is 1. The van der Waals surface area contributed by atoms with Crippen LogP contribution < -0.4 is 5.73 Å². The van der Waals surface area contributed by atoms with Crippen LogP contribution in [-0.2, 0) is 10.1 Å². The molecule has 1 atom stereocenters. The third-order valence-corrected chi connectivity index (χ3v) is 3.56. The maximum absolute atomic E-state index is 11.1. The fourth-order valence-corrected chi connectivity index (χ4v) is 2.45. The number of aliphatic hydroxyl groups excluding tert-OH is 1. The van der Waals surface area contributed by atoms with E-state index in [-0.39, 0.29) is 5.56 Å². The molecule has 4 N–H and O–H groups in total. The Morgan fingerprint density at radius 2 is 2.06 bits per heavy atom.